The van der Waals surface area contributed by atoms with Crippen LogP contribution in [0.3, 0.4) is 0 Å². The van der Waals surface area contributed by atoms with E-state index in [0.717, 1.165) is 12.5 Å². The molecule has 0 aromatic carbocycles. The van der Waals surface area contributed by atoms with Crippen molar-refractivity contribution in [2.24, 2.45) is 5.92 Å². The summed E-state index contributed by atoms with van der Waals surface area (Å²) in [5.74, 6) is -0.507. The highest BCUT2D eigenvalue weighted by atomic mass is 19.1. The van der Waals surface area contributed by atoms with Crippen molar-refractivity contribution in [1.29, 1.82) is 0 Å². The first-order chi connectivity index (χ1) is 12.4. The van der Waals surface area contributed by atoms with E-state index in [4.69, 9.17) is 4.74 Å². The number of hydrogen-bond donors (Lipinski definition) is 2. The van der Waals surface area contributed by atoms with Gasteiger partial charge in [-0.1, -0.05) is 13.2 Å². The molecule has 138 valence electrons. The Hall–Kier alpha value is -3.03. The number of nitrogens with one attached hydrogen (secondary N) is 2. The van der Waals surface area contributed by atoms with Crippen LogP contribution < -0.4 is 10.6 Å². The molecule has 1 aromatic rings. The molecule has 1 fully saturated rings. The number of carbonyl (C=O) groups excluding carboxylic acids is 2. The number of methoxy groups -OCH3 is 1. The zero-order valence-corrected chi connectivity index (χ0v) is 14.5. The maximum Gasteiger partial charge on any atom is 0.225 e. The normalized spacial score (nSPS) is 17.2. The fraction of sp³-hybridized carbons (Fsp3) is 0.333. The molecule has 0 radical (unpaired) electrons. The monoisotopic (exact) mass is 360 g/mol. The number of piperidine rings is 1. The maximum absolute atomic E-state index is 13.2. The lowest BCUT2D eigenvalue weighted by Gasteiger charge is -2.21. The van der Waals surface area contributed by atoms with Crippen molar-refractivity contribution in [1.82, 2.24) is 15.3 Å². The fourth-order valence-corrected chi connectivity index (χ4v) is 2.62. The lowest BCUT2D eigenvalue weighted by Crippen LogP contribution is -2.35. The average molecular weight is 360 g/mol. The average Bonchev–Trinajstić information content (AvgIpc) is 2.59. The standard InChI is InChI=1S/C18H21FN4O3/c1-11(19)6-14(12(2)26-3)15-9-16(22-10-21-15)23-18(25)8-13-4-5-20-17(24)7-13/h6,9-10,13H,1-2,4-5,7-8H2,3H3,(H,20,24)(H,21,22,23,25)/b14-6+. The van der Waals surface area contributed by atoms with Crippen LogP contribution in [0.4, 0.5) is 10.2 Å². The van der Waals surface area contributed by atoms with Crippen LogP contribution in [-0.2, 0) is 14.3 Å². The summed E-state index contributed by atoms with van der Waals surface area (Å²) in [7, 11) is 1.40. The van der Waals surface area contributed by atoms with Crippen molar-refractivity contribution in [3.63, 3.8) is 0 Å². The van der Waals surface area contributed by atoms with Crippen molar-refractivity contribution >= 4 is 23.2 Å². The molecular weight excluding hydrogens is 339 g/mol. The topological polar surface area (TPSA) is 93.2 Å². The number of aromatic nitrogens is 2. The second kappa shape index (κ2) is 8.89. The molecule has 2 amide bonds. The van der Waals surface area contributed by atoms with E-state index in [1.165, 1.54) is 19.5 Å². The molecule has 2 rings (SSSR count). The van der Waals surface area contributed by atoms with Gasteiger partial charge in [-0.2, -0.15) is 0 Å². The highest BCUT2D eigenvalue weighted by Crippen LogP contribution is 2.24. The maximum atomic E-state index is 13.2. The second-order valence-electron chi connectivity index (χ2n) is 5.88. The summed E-state index contributed by atoms with van der Waals surface area (Å²) in [6.45, 7) is 7.47. The number of allylic oxidation sites excluding steroid dienone is 3. The number of anilines is 1. The molecule has 2 N–H and O–H groups in total. The first kappa shape index (κ1) is 19.3. The van der Waals surface area contributed by atoms with Crippen LogP contribution in [0.1, 0.15) is 25.0 Å². The van der Waals surface area contributed by atoms with Crippen LogP contribution >= 0.6 is 0 Å². The van der Waals surface area contributed by atoms with Gasteiger partial charge in [-0.15, -0.1) is 0 Å². The van der Waals surface area contributed by atoms with Crippen molar-refractivity contribution in [3.05, 3.63) is 48.9 Å². The van der Waals surface area contributed by atoms with Crippen molar-refractivity contribution in [3.8, 4) is 0 Å². The summed E-state index contributed by atoms with van der Waals surface area (Å²) < 4.78 is 18.3. The molecular formula is C18H21FN4O3. The predicted octanol–water partition coefficient (Wildman–Crippen LogP) is 2.36. The van der Waals surface area contributed by atoms with Gasteiger partial charge >= 0.3 is 0 Å². The number of amides is 2. The largest absolute Gasteiger partial charge is 0.497 e. The van der Waals surface area contributed by atoms with E-state index in [-0.39, 0.29) is 35.7 Å². The lowest BCUT2D eigenvalue weighted by atomic mass is 9.94. The minimum atomic E-state index is -0.682. The molecule has 0 aliphatic carbocycles. The smallest absolute Gasteiger partial charge is 0.225 e. The zero-order chi connectivity index (χ0) is 19.1. The molecule has 0 bridgehead atoms. The molecule has 26 heavy (non-hydrogen) atoms. The molecule has 1 unspecified atom stereocenters. The summed E-state index contributed by atoms with van der Waals surface area (Å²) in [4.78, 5) is 31.6. The van der Waals surface area contributed by atoms with Gasteiger partial charge in [0.2, 0.25) is 11.8 Å². The molecule has 0 spiro atoms. The Bertz CT molecular complexity index is 761. The summed E-state index contributed by atoms with van der Waals surface area (Å²) >= 11 is 0. The third-order valence-corrected chi connectivity index (χ3v) is 3.88. The zero-order valence-electron chi connectivity index (χ0n) is 14.5. The Morgan fingerprint density at radius 1 is 1.50 bits per heavy atom. The molecule has 2 heterocycles. The van der Waals surface area contributed by atoms with Gasteiger partial charge in [0.25, 0.3) is 0 Å². The second-order valence-corrected chi connectivity index (χ2v) is 5.88. The highest BCUT2D eigenvalue weighted by Gasteiger charge is 2.22. The Labute approximate surface area is 151 Å². The van der Waals surface area contributed by atoms with E-state index in [2.05, 4.69) is 33.8 Å². The number of hydrogen-bond acceptors (Lipinski definition) is 5. The Balaban J connectivity index is 2.10. The van der Waals surface area contributed by atoms with E-state index in [0.29, 0.717) is 24.2 Å². The highest BCUT2D eigenvalue weighted by molar-refractivity contribution is 5.91. The molecule has 7 nitrogen and oxygen atoms in total. The number of carbonyl (C=O) groups is 2. The molecule has 1 aliphatic rings. The number of nitrogens with zero attached hydrogens (tertiary/aromatic N) is 2. The summed E-state index contributed by atoms with van der Waals surface area (Å²) in [5, 5.41) is 5.41. The van der Waals surface area contributed by atoms with E-state index in [1.807, 2.05) is 0 Å². The first-order valence-electron chi connectivity index (χ1n) is 8.07. The Morgan fingerprint density at radius 2 is 2.27 bits per heavy atom. The third-order valence-electron chi connectivity index (χ3n) is 3.88. The molecule has 1 saturated heterocycles. The van der Waals surface area contributed by atoms with Gasteiger partial charge in [-0.3, -0.25) is 9.59 Å². The van der Waals surface area contributed by atoms with Crippen LogP contribution in [0, 0.1) is 5.92 Å². The molecule has 1 aromatic heterocycles. The lowest BCUT2D eigenvalue weighted by molar-refractivity contribution is -0.124. The summed E-state index contributed by atoms with van der Waals surface area (Å²) in [6, 6.07) is 1.49. The third kappa shape index (κ3) is 5.51. The predicted molar refractivity (Wildman–Crippen MR) is 95.4 cm³/mol. The van der Waals surface area contributed by atoms with E-state index in [9.17, 15) is 14.0 Å². The van der Waals surface area contributed by atoms with Gasteiger partial charge in [-0.25, -0.2) is 14.4 Å². The molecule has 1 atom stereocenters. The van der Waals surface area contributed by atoms with Gasteiger partial charge < -0.3 is 15.4 Å². The van der Waals surface area contributed by atoms with Crippen LogP contribution in [0.2, 0.25) is 0 Å². The number of rotatable bonds is 7. The SMILES string of the molecule is C=C(F)/C=C(\C(=C)OC)c1cc(NC(=O)CC2CCNC(=O)C2)ncn1. The van der Waals surface area contributed by atoms with E-state index < -0.39 is 5.83 Å². The van der Waals surface area contributed by atoms with Gasteiger partial charge in [0.15, 0.2) is 0 Å². The summed E-state index contributed by atoms with van der Waals surface area (Å²) in [6.07, 6.45) is 3.70. The first-order valence-corrected chi connectivity index (χ1v) is 8.07. The van der Waals surface area contributed by atoms with Crippen LogP contribution in [-0.4, -0.2) is 35.4 Å². The van der Waals surface area contributed by atoms with Crippen molar-refractivity contribution in [2.45, 2.75) is 19.3 Å². The van der Waals surface area contributed by atoms with Crippen LogP contribution in [0.25, 0.3) is 5.57 Å². The quantitative estimate of drug-likeness (QED) is 0.575. The summed E-state index contributed by atoms with van der Waals surface area (Å²) in [5.41, 5.74) is 0.625. The van der Waals surface area contributed by atoms with Gasteiger partial charge in [0.05, 0.1) is 12.8 Å². The van der Waals surface area contributed by atoms with Gasteiger partial charge in [0, 0.05) is 31.0 Å². The Kier molecular flexibility index (Phi) is 6.60. The number of halogens is 1. The minimum Gasteiger partial charge on any atom is -0.497 e. The van der Waals surface area contributed by atoms with Gasteiger partial charge in [-0.05, 0) is 18.4 Å². The fourth-order valence-electron chi connectivity index (χ4n) is 2.62. The number of ether oxygens (including phenoxy) is 1. The van der Waals surface area contributed by atoms with Crippen LogP contribution in [0.5, 0.6) is 0 Å². The van der Waals surface area contributed by atoms with Crippen molar-refractivity contribution in [2.75, 3.05) is 19.0 Å². The molecule has 0 saturated carbocycles. The van der Waals surface area contributed by atoms with Crippen molar-refractivity contribution < 1.29 is 18.7 Å². The van der Waals surface area contributed by atoms with E-state index >= 15 is 0 Å². The molecule has 8 heteroatoms. The van der Waals surface area contributed by atoms with Crippen LogP contribution in [0.15, 0.2) is 43.2 Å². The van der Waals surface area contributed by atoms with E-state index in [1.54, 1.807) is 0 Å². The Morgan fingerprint density at radius 3 is 2.92 bits per heavy atom. The molecule has 1 aliphatic heterocycles. The van der Waals surface area contributed by atoms with Gasteiger partial charge in [0.1, 0.15) is 23.7 Å². The minimum absolute atomic E-state index is 0.00338.